The predicted octanol–water partition coefficient (Wildman–Crippen LogP) is 9.68. The first-order valence-corrected chi connectivity index (χ1v) is 26.4. The van der Waals surface area contributed by atoms with E-state index in [-0.39, 0.29) is 24.8 Å². The van der Waals surface area contributed by atoms with Crippen molar-refractivity contribution >= 4 is 5.91 Å². The number of carbonyl (C=O) groups is 1. The van der Waals surface area contributed by atoms with Crippen LogP contribution in [0.3, 0.4) is 0 Å². The van der Waals surface area contributed by atoms with Gasteiger partial charge in [0.25, 0.3) is 0 Å². The van der Waals surface area contributed by atoms with E-state index in [9.17, 15) is 40.5 Å². The largest absolute Gasteiger partial charge is 0.396 e. The second kappa shape index (κ2) is 40.6. The van der Waals surface area contributed by atoms with Gasteiger partial charge in [-0.05, 0) is 32.2 Å². The SMILES string of the molecule is CCCCCCCCCCCCCCCCCCCCCCCC[C@@H](CCCCCCCCCCCCCCC(O)C(O)CCNC1C(O)C(O)C(O)C(CO)C1O)C(N)=O. The average molecular weight is 871 g/mol. The smallest absolute Gasteiger partial charge is 0.220 e. The topological polar surface area (TPSA) is 197 Å². The van der Waals surface area contributed by atoms with Crippen LogP contribution in [-0.4, -0.2) is 97.5 Å². The van der Waals surface area contributed by atoms with Crippen LogP contribution in [0.4, 0.5) is 0 Å². The Hall–Kier alpha value is -0.850. The molecule has 1 aliphatic rings. The van der Waals surface area contributed by atoms with Crippen LogP contribution in [0.2, 0.25) is 0 Å². The van der Waals surface area contributed by atoms with Gasteiger partial charge in [0.1, 0.15) is 12.2 Å². The van der Waals surface area contributed by atoms with Crippen LogP contribution in [0.5, 0.6) is 0 Å². The number of primary amides is 1. The molecule has 1 aliphatic carbocycles. The second-order valence-corrected chi connectivity index (χ2v) is 19.3. The van der Waals surface area contributed by atoms with Crippen LogP contribution in [-0.2, 0) is 4.79 Å². The number of rotatable bonds is 45. The van der Waals surface area contributed by atoms with Crippen LogP contribution < -0.4 is 11.1 Å². The lowest BCUT2D eigenvalue weighted by molar-refractivity contribution is -0.173. The third-order valence-corrected chi connectivity index (χ3v) is 13.9. The maximum Gasteiger partial charge on any atom is 0.220 e. The van der Waals surface area contributed by atoms with Crippen molar-refractivity contribution in [2.75, 3.05) is 13.2 Å². The molecule has 0 spiro atoms. The summed E-state index contributed by atoms with van der Waals surface area (Å²) < 4.78 is 0. The molecule has 0 aromatic carbocycles. The van der Waals surface area contributed by atoms with Crippen LogP contribution in [0.1, 0.15) is 251 Å². The first-order chi connectivity index (χ1) is 29.6. The molecule has 8 unspecified atom stereocenters. The molecule has 0 heterocycles. The molecule has 364 valence electrons. The number of aliphatic hydroxyl groups excluding tert-OH is 7. The maximum absolute atomic E-state index is 12.0. The van der Waals surface area contributed by atoms with Crippen molar-refractivity contribution in [3.8, 4) is 0 Å². The third-order valence-electron chi connectivity index (χ3n) is 13.9. The standard InChI is InChI=1S/C51H102N2O8/c1-2-3-4-5-6-7-8-9-10-11-12-13-14-15-16-17-18-21-24-27-30-33-36-42(51(52)61)37-34-31-28-25-22-19-20-23-26-29-32-35-38-44(55)45(56)39-40-53-46-47(57)43(41-54)48(58)50(60)49(46)59/h42-50,53-60H,2-41H2,1H3,(H2,52,61)/t42-,43?,44?,45?,46?,47?,48?,49?,50?/m0/s1. The van der Waals surface area contributed by atoms with E-state index in [1.165, 1.54) is 186 Å². The van der Waals surface area contributed by atoms with Gasteiger partial charge in [-0.15, -0.1) is 0 Å². The predicted molar refractivity (Wildman–Crippen MR) is 252 cm³/mol. The van der Waals surface area contributed by atoms with Gasteiger partial charge in [-0.3, -0.25) is 4.79 Å². The van der Waals surface area contributed by atoms with Gasteiger partial charge >= 0.3 is 0 Å². The monoisotopic (exact) mass is 871 g/mol. The second-order valence-electron chi connectivity index (χ2n) is 19.3. The van der Waals surface area contributed by atoms with Gasteiger partial charge in [0.2, 0.25) is 5.91 Å². The number of nitrogens with two attached hydrogens (primary N) is 1. The fourth-order valence-corrected chi connectivity index (χ4v) is 9.52. The number of hydrogen-bond donors (Lipinski definition) is 9. The fraction of sp³-hybridized carbons (Fsp3) is 0.980. The molecule has 10 heteroatoms. The van der Waals surface area contributed by atoms with Crippen LogP contribution in [0.15, 0.2) is 0 Å². The van der Waals surface area contributed by atoms with Crippen LogP contribution in [0.25, 0.3) is 0 Å². The normalized spacial score (nSPS) is 22.1. The lowest BCUT2D eigenvalue weighted by Gasteiger charge is -2.44. The minimum atomic E-state index is -1.50. The van der Waals surface area contributed by atoms with E-state index in [4.69, 9.17) is 5.73 Å². The third kappa shape index (κ3) is 30.1. The molecule has 1 fully saturated rings. The molecule has 0 aromatic rings. The van der Waals surface area contributed by atoms with E-state index in [1.54, 1.807) is 0 Å². The molecular formula is C51H102N2O8. The minimum Gasteiger partial charge on any atom is -0.396 e. The molecule has 1 rings (SSSR count). The summed E-state index contributed by atoms with van der Waals surface area (Å²) in [4.78, 5) is 12.0. The Kier molecular flexibility index (Phi) is 38.8. The maximum atomic E-state index is 12.0. The van der Waals surface area contributed by atoms with E-state index in [1.807, 2.05) is 0 Å². The highest BCUT2D eigenvalue weighted by Crippen LogP contribution is 2.27. The summed E-state index contributed by atoms with van der Waals surface area (Å²) >= 11 is 0. The van der Waals surface area contributed by atoms with Crippen molar-refractivity contribution in [2.45, 2.75) is 294 Å². The molecule has 61 heavy (non-hydrogen) atoms. The van der Waals surface area contributed by atoms with E-state index in [0.717, 1.165) is 44.9 Å². The Bertz CT molecular complexity index is 961. The van der Waals surface area contributed by atoms with Crippen molar-refractivity contribution in [3.05, 3.63) is 0 Å². The number of unbranched alkanes of at least 4 members (excludes halogenated alkanes) is 32. The zero-order valence-corrected chi connectivity index (χ0v) is 39.6. The van der Waals surface area contributed by atoms with Gasteiger partial charge in [0.05, 0.1) is 37.1 Å². The molecule has 0 aliphatic heterocycles. The molecule has 10 N–H and O–H groups in total. The molecule has 1 saturated carbocycles. The van der Waals surface area contributed by atoms with Crippen LogP contribution in [0, 0.1) is 11.8 Å². The number of nitrogens with one attached hydrogen (secondary N) is 1. The lowest BCUT2D eigenvalue weighted by Crippen LogP contribution is -2.66. The zero-order chi connectivity index (χ0) is 44.8. The molecule has 0 radical (unpaired) electrons. The lowest BCUT2D eigenvalue weighted by atomic mass is 9.77. The Morgan fingerprint density at radius 2 is 0.754 bits per heavy atom. The first kappa shape index (κ1) is 58.2. The zero-order valence-electron chi connectivity index (χ0n) is 39.6. The van der Waals surface area contributed by atoms with Gasteiger partial charge < -0.3 is 46.8 Å². The molecular weight excluding hydrogens is 769 g/mol. The molecule has 0 aromatic heterocycles. The summed E-state index contributed by atoms with van der Waals surface area (Å²) in [6.45, 7) is 1.94. The summed E-state index contributed by atoms with van der Waals surface area (Å²) in [5.74, 6) is -1.04. The Labute approximate surface area is 375 Å². The Balaban J connectivity index is 1.87. The molecule has 10 nitrogen and oxygen atoms in total. The highest BCUT2D eigenvalue weighted by Gasteiger charge is 2.48. The summed E-state index contributed by atoms with van der Waals surface area (Å²) in [6.07, 6.45) is 39.7. The Morgan fingerprint density at radius 3 is 1.08 bits per heavy atom. The molecule has 1 amide bonds. The summed E-state index contributed by atoms with van der Waals surface area (Å²) in [7, 11) is 0. The quantitative estimate of drug-likeness (QED) is 0.0268. The van der Waals surface area contributed by atoms with Crippen molar-refractivity contribution in [1.82, 2.24) is 5.32 Å². The van der Waals surface area contributed by atoms with E-state index < -0.39 is 55.2 Å². The fourth-order valence-electron chi connectivity index (χ4n) is 9.52. The molecule has 0 bridgehead atoms. The van der Waals surface area contributed by atoms with E-state index in [2.05, 4.69) is 12.2 Å². The van der Waals surface area contributed by atoms with Gasteiger partial charge in [0.15, 0.2) is 0 Å². The average Bonchev–Trinajstić information content (AvgIpc) is 3.25. The number of amides is 1. The van der Waals surface area contributed by atoms with Crippen molar-refractivity contribution in [3.63, 3.8) is 0 Å². The van der Waals surface area contributed by atoms with E-state index in [0.29, 0.717) is 6.42 Å². The van der Waals surface area contributed by atoms with Crippen molar-refractivity contribution in [1.29, 1.82) is 0 Å². The number of aliphatic hydroxyl groups is 7. The molecule has 0 saturated heterocycles. The highest BCUT2D eigenvalue weighted by molar-refractivity contribution is 5.76. The van der Waals surface area contributed by atoms with Crippen molar-refractivity contribution < 1.29 is 40.5 Å². The van der Waals surface area contributed by atoms with Gasteiger partial charge in [-0.1, -0.05) is 225 Å². The summed E-state index contributed by atoms with van der Waals surface area (Å²) in [5, 5.41) is 73.7. The summed E-state index contributed by atoms with van der Waals surface area (Å²) in [5.41, 5.74) is 5.77. The first-order valence-electron chi connectivity index (χ1n) is 26.4. The minimum absolute atomic E-state index is 0.0502. The Morgan fingerprint density at radius 1 is 0.443 bits per heavy atom. The van der Waals surface area contributed by atoms with Crippen molar-refractivity contribution in [2.24, 2.45) is 17.6 Å². The van der Waals surface area contributed by atoms with E-state index >= 15 is 0 Å². The highest BCUT2D eigenvalue weighted by atomic mass is 16.4. The van der Waals surface area contributed by atoms with Gasteiger partial charge in [-0.2, -0.15) is 0 Å². The van der Waals surface area contributed by atoms with Gasteiger partial charge in [0, 0.05) is 11.8 Å². The number of hydrogen-bond acceptors (Lipinski definition) is 9. The van der Waals surface area contributed by atoms with Gasteiger partial charge in [-0.25, -0.2) is 0 Å². The number of carbonyl (C=O) groups excluding carboxylic acids is 1. The van der Waals surface area contributed by atoms with Crippen LogP contribution >= 0.6 is 0 Å². The molecule has 9 atom stereocenters. The summed E-state index contributed by atoms with van der Waals surface area (Å²) in [6, 6.07) is -0.963.